The molecule has 10 nitrogen and oxygen atoms in total. The van der Waals surface area contributed by atoms with Gasteiger partial charge in [-0.15, -0.1) is 0 Å². The number of anilines is 1. The molecule has 1 aromatic carbocycles. The predicted octanol–water partition coefficient (Wildman–Crippen LogP) is -0.0631. The third-order valence-electron chi connectivity index (χ3n) is 5.10. The molecule has 3 heterocycles. The highest BCUT2D eigenvalue weighted by Crippen LogP contribution is 2.41. The number of nitrogens with two attached hydrogens (primary N) is 1. The van der Waals surface area contributed by atoms with Crippen molar-refractivity contribution in [3.8, 4) is 6.07 Å². The van der Waals surface area contributed by atoms with Crippen molar-refractivity contribution in [3.05, 3.63) is 60.0 Å². The normalized spacial score (nSPS) is 25.8. The highest BCUT2D eigenvalue weighted by molar-refractivity contribution is 5.73. The molecule has 0 radical (unpaired) electrons. The summed E-state index contributed by atoms with van der Waals surface area (Å²) >= 11 is 0. The number of nitrogen functional groups attached to an aromatic ring is 1. The Morgan fingerprint density at radius 2 is 2.10 bits per heavy atom. The van der Waals surface area contributed by atoms with E-state index in [2.05, 4.69) is 10.1 Å². The molecule has 4 rings (SSSR count). The maximum Gasteiger partial charge on any atom is 0.310 e. The Morgan fingerprint density at radius 3 is 2.80 bits per heavy atom. The largest absolute Gasteiger partial charge is 0.456 e. The van der Waals surface area contributed by atoms with Gasteiger partial charge in [0.05, 0.1) is 18.7 Å². The van der Waals surface area contributed by atoms with Crippen LogP contribution in [0.3, 0.4) is 0 Å². The van der Waals surface area contributed by atoms with Gasteiger partial charge in [-0.1, -0.05) is 30.3 Å². The quantitative estimate of drug-likeness (QED) is 0.491. The van der Waals surface area contributed by atoms with Gasteiger partial charge < -0.3 is 25.4 Å². The molecule has 1 aliphatic rings. The van der Waals surface area contributed by atoms with Crippen LogP contribution >= 0.6 is 0 Å². The van der Waals surface area contributed by atoms with Crippen molar-refractivity contribution in [2.75, 3.05) is 12.3 Å². The Balaban J connectivity index is 1.65. The lowest BCUT2D eigenvalue weighted by molar-refractivity contribution is -0.155. The number of aromatic nitrogens is 3. The van der Waals surface area contributed by atoms with Crippen LogP contribution in [0.15, 0.2) is 48.8 Å². The molecule has 30 heavy (non-hydrogen) atoms. The fourth-order valence-corrected chi connectivity index (χ4v) is 3.64. The molecule has 1 fully saturated rings. The second-order valence-electron chi connectivity index (χ2n) is 6.91. The minimum absolute atomic E-state index is 0.0282. The lowest BCUT2D eigenvalue weighted by atomic mass is 9.92. The summed E-state index contributed by atoms with van der Waals surface area (Å²) in [6, 6.07) is 14.0. The van der Waals surface area contributed by atoms with E-state index in [0.717, 1.165) is 5.56 Å². The van der Waals surface area contributed by atoms with E-state index in [1.54, 1.807) is 30.3 Å². The molecule has 0 amide bonds. The summed E-state index contributed by atoms with van der Waals surface area (Å²) in [6.45, 7) is -0.565. The van der Waals surface area contributed by atoms with Crippen LogP contribution < -0.4 is 5.73 Å². The molecule has 1 aliphatic heterocycles. The molecule has 3 aromatic rings. The van der Waals surface area contributed by atoms with Gasteiger partial charge in [0.2, 0.25) is 5.60 Å². The zero-order chi connectivity index (χ0) is 21.3. The Hall–Kier alpha value is -3.52. The first-order valence-corrected chi connectivity index (χ1v) is 9.20. The summed E-state index contributed by atoms with van der Waals surface area (Å²) in [5, 5.41) is 34.8. The van der Waals surface area contributed by atoms with E-state index in [1.165, 1.54) is 16.9 Å². The van der Waals surface area contributed by atoms with Crippen molar-refractivity contribution in [2.24, 2.45) is 0 Å². The molecular formula is C20H19N5O5. The Bertz CT molecular complexity index is 1110. The molecule has 0 saturated carbocycles. The Kier molecular flexibility index (Phi) is 5.09. The molecule has 2 aromatic heterocycles. The standard InChI is InChI=1S/C20H19N5O5/c21-10-20(15-7-6-13-19(22)23-11-24-25(13)15)18(28)17(14(9-26)30-20)29-16(27)8-12-4-2-1-3-5-12/h1-7,11,14,17-18,26,28H,8-9H2,(H2,22,23,24)/t14-,17-,18-,20+/m1/s1. The summed E-state index contributed by atoms with van der Waals surface area (Å²) in [4.78, 5) is 16.3. The Labute approximate surface area is 171 Å². The number of hydrogen-bond donors (Lipinski definition) is 3. The highest BCUT2D eigenvalue weighted by Gasteiger charge is 2.59. The fraction of sp³-hybridized carbons (Fsp3) is 0.300. The summed E-state index contributed by atoms with van der Waals surface area (Å²) < 4.78 is 12.5. The maximum atomic E-state index is 12.4. The minimum Gasteiger partial charge on any atom is -0.456 e. The van der Waals surface area contributed by atoms with E-state index in [4.69, 9.17) is 15.2 Å². The number of fused-ring (bicyclic) bond motifs is 1. The molecule has 154 valence electrons. The molecule has 0 unspecified atom stereocenters. The number of aliphatic hydroxyl groups is 2. The van der Waals surface area contributed by atoms with Crippen LogP contribution in [0.1, 0.15) is 11.3 Å². The van der Waals surface area contributed by atoms with Gasteiger partial charge in [0.1, 0.15) is 30.1 Å². The number of benzene rings is 1. The minimum atomic E-state index is -1.93. The van der Waals surface area contributed by atoms with Gasteiger partial charge in [-0.3, -0.25) is 4.79 Å². The number of aliphatic hydroxyl groups excluding tert-OH is 2. The number of nitrogens with zero attached hydrogens (tertiary/aromatic N) is 4. The number of nitriles is 1. The van der Waals surface area contributed by atoms with Crippen molar-refractivity contribution in [1.82, 2.24) is 14.6 Å². The molecular weight excluding hydrogens is 390 g/mol. The smallest absolute Gasteiger partial charge is 0.310 e. The van der Waals surface area contributed by atoms with Crippen molar-refractivity contribution in [2.45, 2.75) is 30.3 Å². The molecule has 1 saturated heterocycles. The van der Waals surface area contributed by atoms with Gasteiger partial charge in [-0.25, -0.2) is 9.50 Å². The van der Waals surface area contributed by atoms with Gasteiger partial charge in [0.25, 0.3) is 0 Å². The van der Waals surface area contributed by atoms with Crippen LogP contribution in [0.25, 0.3) is 5.52 Å². The fourth-order valence-electron chi connectivity index (χ4n) is 3.64. The van der Waals surface area contributed by atoms with Crippen LogP contribution in [0.5, 0.6) is 0 Å². The summed E-state index contributed by atoms with van der Waals surface area (Å²) in [5.74, 6) is -0.436. The second-order valence-corrected chi connectivity index (χ2v) is 6.91. The van der Waals surface area contributed by atoms with Gasteiger partial charge >= 0.3 is 5.97 Å². The van der Waals surface area contributed by atoms with Crippen molar-refractivity contribution < 1.29 is 24.5 Å². The van der Waals surface area contributed by atoms with E-state index in [-0.39, 0.29) is 17.9 Å². The zero-order valence-corrected chi connectivity index (χ0v) is 15.8. The molecule has 0 spiro atoms. The van der Waals surface area contributed by atoms with Crippen molar-refractivity contribution in [3.63, 3.8) is 0 Å². The van der Waals surface area contributed by atoms with Crippen LogP contribution in [0, 0.1) is 11.3 Å². The third kappa shape index (κ3) is 3.15. The Morgan fingerprint density at radius 1 is 1.33 bits per heavy atom. The van der Waals surface area contributed by atoms with Gasteiger partial charge in [0, 0.05) is 0 Å². The van der Waals surface area contributed by atoms with Crippen LogP contribution in [0.2, 0.25) is 0 Å². The monoisotopic (exact) mass is 409 g/mol. The van der Waals surface area contributed by atoms with Crippen LogP contribution in [0.4, 0.5) is 5.82 Å². The predicted molar refractivity (Wildman–Crippen MR) is 103 cm³/mol. The van der Waals surface area contributed by atoms with E-state index in [9.17, 15) is 20.3 Å². The number of carbonyl (C=O) groups is 1. The SMILES string of the molecule is N#C[C@@]1(c2ccc3c(N)ncnn23)O[C@H](CO)[C@@H](OC(=O)Cc2ccccc2)[C@H]1O. The number of carbonyl (C=O) groups excluding carboxylic acids is 1. The van der Waals surface area contributed by atoms with Crippen LogP contribution in [-0.4, -0.2) is 55.7 Å². The maximum absolute atomic E-state index is 12.4. The van der Waals surface area contributed by atoms with E-state index in [0.29, 0.717) is 5.52 Å². The lowest BCUT2D eigenvalue weighted by Gasteiger charge is -2.24. The van der Waals surface area contributed by atoms with E-state index >= 15 is 0 Å². The molecule has 4 atom stereocenters. The summed E-state index contributed by atoms with van der Waals surface area (Å²) in [7, 11) is 0. The van der Waals surface area contributed by atoms with Crippen molar-refractivity contribution >= 4 is 17.3 Å². The summed E-state index contributed by atoms with van der Waals surface area (Å²) in [5.41, 5.74) is 5.24. The molecule has 0 bridgehead atoms. The van der Waals surface area contributed by atoms with E-state index in [1.807, 2.05) is 12.1 Å². The zero-order valence-electron chi connectivity index (χ0n) is 15.8. The first-order valence-electron chi connectivity index (χ1n) is 9.20. The third-order valence-corrected chi connectivity index (χ3v) is 5.10. The van der Waals surface area contributed by atoms with Crippen LogP contribution in [-0.2, 0) is 26.3 Å². The summed E-state index contributed by atoms with van der Waals surface area (Å²) in [6.07, 6.45) is -2.76. The number of ether oxygens (including phenoxy) is 2. The molecule has 4 N–H and O–H groups in total. The van der Waals surface area contributed by atoms with Gasteiger partial charge in [-0.05, 0) is 17.7 Å². The highest BCUT2D eigenvalue weighted by atomic mass is 16.6. The van der Waals surface area contributed by atoms with Gasteiger partial charge in [-0.2, -0.15) is 10.4 Å². The first-order chi connectivity index (χ1) is 14.5. The average molecular weight is 409 g/mol. The lowest BCUT2D eigenvalue weighted by Crippen LogP contribution is -2.43. The van der Waals surface area contributed by atoms with Crippen molar-refractivity contribution in [1.29, 1.82) is 5.26 Å². The molecule has 0 aliphatic carbocycles. The number of esters is 1. The molecule has 10 heteroatoms. The van der Waals surface area contributed by atoms with E-state index < -0.39 is 36.5 Å². The average Bonchev–Trinajstić information content (AvgIpc) is 3.30. The number of hydrogen-bond acceptors (Lipinski definition) is 9. The first kappa shape index (κ1) is 19.8. The van der Waals surface area contributed by atoms with Gasteiger partial charge in [0.15, 0.2) is 11.9 Å². The second kappa shape index (κ2) is 7.72. The topological polar surface area (TPSA) is 156 Å². The number of rotatable bonds is 5.